The van der Waals surface area contributed by atoms with Crippen molar-refractivity contribution >= 4 is 39.2 Å². The van der Waals surface area contributed by atoms with Crippen molar-refractivity contribution in [3.05, 3.63) is 70.8 Å². The van der Waals surface area contributed by atoms with E-state index in [1.54, 1.807) is 50.2 Å². The fourth-order valence-electron chi connectivity index (χ4n) is 1.60. The molecule has 0 aromatic heterocycles. The van der Waals surface area contributed by atoms with E-state index in [1.807, 2.05) is 0 Å². The smallest absolute Gasteiger partial charge is 0.545 e. The van der Waals surface area contributed by atoms with Crippen molar-refractivity contribution in [3.8, 4) is 0 Å². The largest absolute Gasteiger partial charge is 2.00 e. The Morgan fingerprint density at radius 2 is 1.00 bits per heavy atom. The normalized spacial score (nSPS) is 8.86. The molecular formula is C16H14O4Pb. The summed E-state index contributed by atoms with van der Waals surface area (Å²) in [5.74, 6) is -2.23. The zero-order valence-electron chi connectivity index (χ0n) is 11.8. The van der Waals surface area contributed by atoms with Gasteiger partial charge in [0.05, 0.1) is 11.9 Å². The van der Waals surface area contributed by atoms with Crippen molar-refractivity contribution in [3.63, 3.8) is 0 Å². The Morgan fingerprint density at radius 1 is 0.714 bits per heavy atom. The van der Waals surface area contributed by atoms with Gasteiger partial charge in [-0.25, -0.2) is 0 Å². The van der Waals surface area contributed by atoms with E-state index in [4.69, 9.17) is 0 Å². The molecule has 2 aromatic rings. The van der Waals surface area contributed by atoms with E-state index in [1.165, 1.54) is 12.1 Å². The Hall–Kier alpha value is -1.70. The van der Waals surface area contributed by atoms with Crippen LogP contribution in [-0.4, -0.2) is 39.2 Å². The van der Waals surface area contributed by atoms with Crippen LogP contribution in [0.1, 0.15) is 31.8 Å². The summed E-state index contributed by atoms with van der Waals surface area (Å²) in [6, 6.07) is 13.5. The van der Waals surface area contributed by atoms with E-state index in [0.717, 1.165) is 11.1 Å². The number of carboxylic acid groups (broad SMARTS) is 2. The van der Waals surface area contributed by atoms with Gasteiger partial charge in [0.1, 0.15) is 0 Å². The van der Waals surface area contributed by atoms with Crippen LogP contribution < -0.4 is 10.2 Å². The first-order valence-corrected chi connectivity index (χ1v) is 5.97. The molecule has 0 aliphatic carbocycles. The molecule has 0 heterocycles. The summed E-state index contributed by atoms with van der Waals surface area (Å²) in [7, 11) is 0. The van der Waals surface area contributed by atoms with Gasteiger partial charge in [-0.3, -0.25) is 0 Å². The summed E-state index contributed by atoms with van der Waals surface area (Å²) in [4.78, 5) is 20.6. The fourth-order valence-corrected chi connectivity index (χ4v) is 1.60. The van der Waals surface area contributed by atoms with Crippen LogP contribution in [0.4, 0.5) is 0 Å². The topological polar surface area (TPSA) is 80.3 Å². The summed E-state index contributed by atoms with van der Waals surface area (Å²) in [6.45, 7) is 3.48. The number of hydrogen-bond donors (Lipinski definition) is 0. The molecule has 0 aliphatic rings. The van der Waals surface area contributed by atoms with Crippen LogP contribution in [0.25, 0.3) is 0 Å². The van der Waals surface area contributed by atoms with Gasteiger partial charge in [-0.1, -0.05) is 48.5 Å². The summed E-state index contributed by atoms with van der Waals surface area (Å²) < 4.78 is 0. The van der Waals surface area contributed by atoms with Gasteiger partial charge >= 0.3 is 27.3 Å². The molecule has 0 bridgehead atoms. The third-order valence-corrected chi connectivity index (χ3v) is 2.73. The van der Waals surface area contributed by atoms with Gasteiger partial charge in [0, 0.05) is 11.1 Å². The first-order chi connectivity index (χ1) is 9.43. The van der Waals surface area contributed by atoms with Crippen molar-refractivity contribution in [1.29, 1.82) is 0 Å². The molecule has 21 heavy (non-hydrogen) atoms. The number of aryl methyl sites for hydroxylation is 2. The molecular weight excluding hydrogens is 463 g/mol. The number of aromatic carboxylic acids is 2. The molecule has 2 radical (unpaired) electrons. The minimum atomic E-state index is -1.11. The van der Waals surface area contributed by atoms with Gasteiger partial charge in [0.15, 0.2) is 0 Å². The van der Waals surface area contributed by atoms with Crippen LogP contribution in [0, 0.1) is 13.8 Å². The average molecular weight is 477 g/mol. The van der Waals surface area contributed by atoms with Crippen LogP contribution >= 0.6 is 0 Å². The maximum Gasteiger partial charge on any atom is 2.00 e. The molecule has 2 aromatic carbocycles. The van der Waals surface area contributed by atoms with Gasteiger partial charge in [-0.15, -0.1) is 0 Å². The zero-order chi connectivity index (χ0) is 15.1. The summed E-state index contributed by atoms with van der Waals surface area (Å²) in [6.07, 6.45) is 0. The maximum atomic E-state index is 10.3. The van der Waals surface area contributed by atoms with Crippen molar-refractivity contribution in [1.82, 2.24) is 0 Å². The number of carboxylic acids is 2. The zero-order valence-corrected chi connectivity index (χ0v) is 15.6. The van der Waals surface area contributed by atoms with Crippen LogP contribution in [0.15, 0.2) is 48.5 Å². The molecule has 0 saturated heterocycles. The van der Waals surface area contributed by atoms with Gasteiger partial charge < -0.3 is 19.8 Å². The van der Waals surface area contributed by atoms with Crippen molar-refractivity contribution in [2.24, 2.45) is 0 Å². The number of carbonyl (C=O) groups excluding carboxylic acids is 2. The third kappa shape index (κ3) is 6.07. The molecule has 0 atom stereocenters. The monoisotopic (exact) mass is 478 g/mol. The second-order valence-corrected chi connectivity index (χ2v) is 4.20. The van der Waals surface area contributed by atoms with Crippen LogP contribution in [0.5, 0.6) is 0 Å². The van der Waals surface area contributed by atoms with E-state index < -0.39 is 11.9 Å². The standard InChI is InChI=1S/2C8H8O2.Pb/c2*1-6-4-2-3-5-7(6)8(9)10;/h2*2-5H,1H3,(H,9,10);/q;;+2/p-2. The van der Waals surface area contributed by atoms with Crippen molar-refractivity contribution in [2.45, 2.75) is 13.8 Å². The first kappa shape index (κ1) is 19.3. The van der Waals surface area contributed by atoms with Gasteiger partial charge in [-0.05, 0) is 25.0 Å². The summed E-state index contributed by atoms with van der Waals surface area (Å²) in [5, 5.41) is 20.6. The third-order valence-electron chi connectivity index (χ3n) is 2.73. The minimum Gasteiger partial charge on any atom is -0.545 e. The van der Waals surface area contributed by atoms with Gasteiger partial charge in [0.2, 0.25) is 0 Å². The van der Waals surface area contributed by atoms with Crippen molar-refractivity contribution in [2.75, 3.05) is 0 Å². The van der Waals surface area contributed by atoms with Crippen molar-refractivity contribution < 1.29 is 19.8 Å². The Morgan fingerprint density at radius 3 is 1.19 bits per heavy atom. The van der Waals surface area contributed by atoms with Gasteiger partial charge in [0.25, 0.3) is 0 Å². The van der Waals surface area contributed by atoms with Crippen LogP contribution in [0.3, 0.4) is 0 Å². The molecule has 5 heteroatoms. The predicted molar refractivity (Wildman–Crippen MR) is 76.8 cm³/mol. The van der Waals surface area contributed by atoms with E-state index in [0.29, 0.717) is 0 Å². The number of carbonyl (C=O) groups is 2. The van der Waals surface area contributed by atoms with E-state index >= 15 is 0 Å². The van der Waals surface area contributed by atoms with E-state index in [-0.39, 0.29) is 38.4 Å². The second-order valence-electron chi connectivity index (χ2n) is 4.20. The molecule has 106 valence electrons. The molecule has 0 amide bonds. The number of hydrogen-bond acceptors (Lipinski definition) is 4. The molecule has 0 saturated carbocycles. The first-order valence-electron chi connectivity index (χ1n) is 5.97. The number of benzene rings is 2. The minimum absolute atomic E-state index is 0. The molecule has 4 nitrogen and oxygen atoms in total. The Labute approximate surface area is 143 Å². The van der Waals surface area contributed by atoms with Crippen LogP contribution in [0.2, 0.25) is 0 Å². The second kappa shape index (κ2) is 9.28. The Kier molecular flexibility index (Phi) is 8.53. The molecule has 2 rings (SSSR count). The Bertz CT molecular complexity index is 568. The van der Waals surface area contributed by atoms with Crippen LogP contribution in [-0.2, 0) is 0 Å². The quantitative estimate of drug-likeness (QED) is 0.585. The molecule has 0 unspecified atom stereocenters. The number of rotatable bonds is 2. The fraction of sp³-hybridized carbons (Fsp3) is 0.125. The SMILES string of the molecule is Cc1ccccc1C(=O)[O-].Cc1ccccc1C(=O)[O-].[Pb+2]. The van der Waals surface area contributed by atoms with E-state index in [2.05, 4.69) is 0 Å². The maximum absolute atomic E-state index is 10.3. The average Bonchev–Trinajstić information content (AvgIpc) is 2.40. The molecule has 0 spiro atoms. The molecule has 0 aliphatic heterocycles. The summed E-state index contributed by atoms with van der Waals surface area (Å²) >= 11 is 0. The molecule has 0 N–H and O–H groups in total. The predicted octanol–water partition coefficient (Wildman–Crippen LogP) is 0.336. The molecule has 0 fully saturated rings. The van der Waals surface area contributed by atoms with Gasteiger partial charge in [-0.2, -0.15) is 0 Å². The summed E-state index contributed by atoms with van der Waals surface area (Å²) in [5.41, 5.74) is 2.01. The Balaban J connectivity index is 0.000000364. The van der Waals surface area contributed by atoms with E-state index in [9.17, 15) is 19.8 Å².